The quantitative estimate of drug-likeness (QED) is 0.911. The molecule has 102 valence electrons. The summed E-state index contributed by atoms with van der Waals surface area (Å²) in [6.45, 7) is 0.613. The van der Waals surface area contributed by atoms with Crippen LogP contribution in [0.2, 0.25) is 5.02 Å². The molecule has 0 aliphatic rings. The third kappa shape index (κ3) is 3.74. The van der Waals surface area contributed by atoms with Gasteiger partial charge in [-0.15, -0.1) is 0 Å². The standard InChI is InChI=1S/C16H15ClN2O/c1-20-15-8-4-13(5-9-15)16(10-18)19-11-12-2-6-14(17)7-3-12/h2-9,16,19H,11H2,1H3. The van der Waals surface area contributed by atoms with Crippen LogP contribution in [-0.4, -0.2) is 7.11 Å². The van der Waals surface area contributed by atoms with E-state index in [0.717, 1.165) is 16.9 Å². The van der Waals surface area contributed by atoms with Crippen molar-refractivity contribution in [2.24, 2.45) is 0 Å². The van der Waals surface area contributed by atoms with Gasteiger partial charge in [0.2, 0.25) is 0 Å². The summed E-state index contributed by atoms with van der Waals surface area (Å²) < 4.78 is 5.11. The first-order valence-electron chi connectivity index (χ1n) is 6.24. The lowest BCUT2D eigenvalue weighted by Gasteiger charge is -2.12. The maximum atomic E-state index is 9.26. The van der Waals surface area contributed by atoms with Crippen molar-refractivity contribution in [3.05, 3.63) is 64.7 Å². The summed E-state index contributed by atoms with van der Waals surface area (Å²) in [5, 5.41) is 13.2. The van der Waals surface area contributed by atoms with E-state index < -0.39 is 0 Å². The molecule has 2 rings (SSSR count). The molecule has 2 aromatic rings. The van der Waals surface area contributed by atoms with Crippen molar-refractivity contribution in [2.45, 2.75) is 12.6 Å². The summed E-state index contributed by atoms with van der Waals surface area (Å²) in [5.41, 5.74) is 2.01. The molecule has 0 saturated heterocycles. The summed E-state index contributed by atoms with van der Waals surface area (Å²) in [6, 6.07) is 17.0. The number of hydrogen-bond acceptors (Lipinski definition) is 3. The summed E-state index contributed by atoms with van der Waals surface area (Å²) in [4.78, 5) is 0. The van der Waals surface area contributed by atoms with E-state index in [0.29, 0.717) is 11.6 Å². The lowest BCUT2D eigenvalue weighted by Crippen LogP contribution is -2.19. The molecule has 0 saturated carbocycles. The molecule has 2 aromatic carbocycles. The smallest absolute Gasteiger partial charge is 0.121 e. The van der Waals surface area contributed by atoms with E-state index in [4.69, 9.17) is 16.3 Å². The predicted molar refractivity (Wildman–Crippen MR) is 79.6 cm³/mol. The number of rotatable bonds is 5. The molecule has 0 radical (unpaired) electrons. The Morgan fingerprint density at radius 3 is 2.35 bits per heavy atom. The van der Waals surface area contributed by atoms with Gasteiger partial charge in [0.05, 0.1) is 13.2 Å². The normalized spacial score (nSPS) is 11.7. The van der Waals surface area contributed by atoms with Gasteiger partial charge in [0.15, 0.2) is 0 Å². The van der Waals surface area contributed by atoms with Crippen LogP contribution >= 0.6 is 11.6 Å². The van der Waals surface area contributed by atoms with Crippen LogP contribution in [0, 0.1) is 11.3 Å². The van der Waals surface area contributed by atoms with Gasteiger partial charge in [-0.1, -0.05) is 35.9 Å². The van der Waals surface area contributed by atoms with Gasteiger partial charge in [0.1, 0.15) is 11.8 Å². The van der Waals surface area contributed by atoms with Crippen molar-refractivity contribution in [2.75, 3.05) is 7.11 Å². The lowest BCUT2D eigenvalue weighted by atomic mass is 10.1. The van der Waals surface area contributed by atoms with Gasteiger partial charge in [0, 0.05) is 11.6 Å². The number of nitrogens with zero attached hydrogens (tertiary/aromatic N) is 1. The molecule has 1 N–H and O–H groups in total. The van der Waals surface area contributed by atoms with Crippen LogP contribution in [0.25, 0.3) is 0 Å². The Balaban J connectivity index is 2.01. The van der Waals surface area contributed by atoms with Crippen LogP contribution in [-0.2, 0) is 6.54 Å². The first kappa shape index (κ1) is 14.4. The molecule has 0 aromatic heterocycles. The molecular formula is C16H15ClN2O. The molecule has 1 atom stereocenters. The summed E-state index contributed by atoms with van der Waals surface area (Å²) >= 11 is 5.84. The molecule has 4 heteroatoms. The van der Waals surface area contributed by atoms with Gasteiger partial charge in [-0.05, 0) is 35.4 Å². The summed E-state index contributed by atoms with van der Waals surface area (Å²) in [7, 11) is 1.62. The van der Waals surface area contributed by atoms with E-state index in [1.54, 1.807) is 7.11 Å². The van der Waals surface area contributed by atoms with Crippen LogP contribution in [0.1, 0.15) is 17.2 Å². The van der Waals surface area contributed by atoms with Crippen LogP contribution in [0.15, 0.2) is 48.5 Å². The third-order valence-corrected chi connectivity index (χ3v) is 3.25. The maximum Gasteiger partial charge on any atom is 0.121 e. The first-order chi connectivity index (χ1) is 9.72. The molecule has 0 bridgehead atoms. The monoisotopic (exact) mass is 286 g/mol. The Bertz CT molecular complexity index is 587. The van der Waals surface area contributed by atoms with Gasteiger partial charge < -0.3 is 4.74 Å². The van der Waals surface area contributed by atoms with Crippen LogP contribution in [0.4, 0.5) is 0 Å². The zero-order chi connectivity index (χ0) is 14.4. The largest absolute Gasteiger partial charge is 0.497 e. The minimum atomic E-state index is -0.350. The molecule has 0 spiro atoms. The number of halogens is 1. The number of benzene rings is 2. The fourth-order valence-corrected chi connectivity index (χ4v) is 1.98. The highest BCUT2D eigenvalue weighted by Crippen LogP contribution is 2.18. The van der Waals surface area contributed by atoms with Crippen molar-refractivity contribution in [3.8, 4) is 11.8 Å². The van der Waals surface area contributed by atoms with Gasteiger partial charge in [0.25, 0.3) is 0 Å². The van der Waals surface area contributed by atoms with Gasteiger partial charge in [-0.25, -0.2) is 0 Å². The minimum absolute atomic E-state index is 0.350. The second kappa shape index (κ2) is 6.95. The molecule has 1 unspecified atom stereocenters. The predicted octanol–water partition coefficient (Wildman–Crippen LogP) is 3.70. The van der Waals surface area contributed by atoms with Crippen molar-refractivity contribution >= 4 is 11.6 Å². The highest BCUT2D eigenvalue weighted by molar-refractivity contribution is 6.30. The Labute approximate surface area is 123 Å². The van der Waals surface area contributed by atoms with Crippen LogP contribution in [0.5, 0.6) is 5.75 Å². The third-order valence-electron chi connectivity index (χ3n) is 3.00. The highest BCUT2D eigenvalue weighted by Gasteiger charge is 2.09. The summed E-state index contributed by atoms with van der Waals surface area (Å²) in [6.07, 6.45) is 0. The molecule has 0 aliphatic carbocycles. The van der Waals surface area contributed by atoms with Crippen LogP contribution < -0.4 is 10.1 Å². The molecule has 20 heavy (non-hydrogen) atoms. The second-order valence-corrected chi connectivity index (χ2v) is 4.78. The fourth-order valence-electron chi connectivity index (χ4n) is 1.86. The highest BCUT2D eigenvalue weighted by atomic mass is 35.5. The average molecular weight is 287 g/mol. The van der Waals surface area contributed by atoms with Gasteiger partial charge >= 0.3 is 0 Å². The van der Waals surface area contributed by atoms with E-state index in [-0.39, 0.29) is 6.04 Å². The molecule has 0 fully saturated rings. The zero-order valence-electron chi connectivity index (χ0n) is 11.1. The number of ether oxygens (including phenoxy) is 1. The van der Waals surface area contributed by atoms with E-state index in [9.17, 15) is 5.26 Å². The van der Waals surface area contributed by atoms with Gasteiger partial charge in [-0.2, -0.15) is 5.26 Å². The Morgan fingerprint density at radius 1 is 1.15 bits per heavy atom. The average Bonchev–Trinajstić information content (AvgIpc) is 2.50. The number of hydrogen-bond donors (Lipinski definition) is 1. The van der Waals surface area contributed by atoms with Crippen molar-refractivity contribution < 1.29 is 4.74 Å². The van der Waals surface area contributed by atoms with E-state index >= 15 is 0 Å². The van der Waals surface area contributed by atoms with Crippen LogP contribution in [0.3, 0.4) is 0 Å². The Morgan fingerprint density at radius 2 is 1.80 bits per heavy atom. The SMILES string of the molecule is COc1ccc(C(C#N)NCc2ccc(Cl)cc2)cc1. The minimum Gasteiger partial charge on any atom is -0.497 e. The maximum absolute atomic E-state index is 9.26. The van der Waals surface area contributed by atoms with E-state index in [1.807, 2.05) is 48.5 Å². The van der Waals surface area contributed by atoms with E-state index in [1.165, 1.54) is 0 Å². The molecule has 3 nitrogen and oxygen atoms in total. The summed E-state index contributed by atoms with van der Waals surface area (Å²) in [5.74, 6) is 0.781. The molecule has 0 heterocycles. The molecule has 0 amide bonds. The molecule has 0 aliphatic heterocycles. The first-order valence-corrected chi connectivity index (χ1v) is 6.62. The Kier molecular flexibility index (Phi) is 5.00. The van der Waals surface area contributed by atoms with E-state index in [2.05, 4.69) is 11.4 Å². The lowest BCUT2D eigenvalue weighted by molar-refractivity contribution is 0.414. The Hall–Kier alpha value is -2.02. The molecular weight excluding hydrogens is 272 g/mol. The number of nitriles is 1. The topological polar surface area (TPSA) is 45.0 Å². The second-order valence-electron chi connectivity index (χ2n) is 4.34. The van der Waals surface area contributed by atoms with Crippen molar-refractivity contribution in [1.29, 1.82) is 5.26 Å². The van der Waals surface area contributed by atoms with Gasteiger partial charge in [-0.3, -0.25) is 5.32 Å². The number of nitrogens with one attached hydrogen (secondary N) is 1. The van der Waals surface area contributed by atoms with Crippen molar-refractivity contribution in [3.63, 3.8) is 0 Å². The number of methoxy groups -OCH3 is 1. The van der Waals surface area contributed by atoms with Crippen molar-refractivity contribution in [1.82, 2.24) is 5.32 Å². The zero-order valence-corrected chi connectivity index (χ0v) is 11.9. The fraction of sp³-hybridized carbons (Fsp3) is 0.188.